The largest absolute Gasteiger partial charge is 0.362 e. The number of amides is 1. The molecule has 2 aliphatic heterocycles. The van der Waals surface area contributed by atoms with E-state index in [-0.39, 0.29) is 5.91 Å². The van der Waals surface area contributed by atoms with Crippen LogP contribution in [0, 0.1) is 0 Å². The maximum Gasteiger partial charge on any atom is 0.222 e. The van der Waals surface area contributed by atoms with Gasteiger partial charge in [-0.25, -0.2) is 9.97 Å². The van der Waals surface area contributed by atoms with E-state index in [2.05, 4.69) is 21.9 Å². The molecule has 6 nitrogen and oxygen atoms in total. The summed E-state index contributed by atoms with van der Waals surface area (Å²) >= 11 is 0. The minimum absolute atomic E-state index is 0.268. The lowest BCUT2D eigenvalue weighted by Crippen LogP contribution is -2.40. The van der Waals surface area contributed by atoms with Crippen LogP contribution in [0.5, 0.6) is 0 Å². The van der Waals surface area contributed by atoms with Crippen LogP contribution >= 0.6 is 0 Å². The zero-order valence-corrected chi connectivity index (χ0v) is 15.2. The van der Waals surface area contributed by atoms with Gasteiger partial charge in [0.1, 0.15) is 12.1 Å². The van der Waals surface area contributed by atoms with E-state index in [1.54, 1.807) is 6.33 Å². The summed E-state index contributed by atoms with van der Waals surface area (Å²) in [7, 11) is 6.19. The lowest BCUT2D eigenvalue weighted by atomic mass is 9.98. The normalized spacial score (nSPS) is 21.5. The van der Waals surface area contributed by atoms with E-state index >= 15 is 0 Å². The van der Waals surface area contributed by atoms with Gasteiger partial charge in [-0.1, -0.05) is 6.42 Å². The van der Waals surface area contributed by atoms with Gasteiger partial charge in [0.15, 0.2) is 0 Å². The van der Waals surface area contributed by atoms with Crippen LogP contribution in [-0.4, -0.2) is 65.9 Å². The number of carbonyl (C=O) groups excluding carboxylic acids is 1. The fourth-order valence-electron chi connectivity index (χ4n) is 3.89. The van der Waals surface area contributed by atoms with Crippen molar-refractivity contribution in [1.29, 1.82) is 0 Å². The Morgan fingerprint density at radius 1 is 1.29 bits per heavy atom. The van der Waals surface area contributed by atoms with E-state index in [1.165, 1.54) is 31.4 Å². The topological polar surface area (TPSA) is 52.6 Å². The van der Waals surface area contributed by atoms with Crippen molar-refractivity contribution < 1.29 is 4.79 Å². The zero-order chi connectivity index (χ0) is 17.1. The third-order valence-electron chi connectivity index (χ3n) is 5.37. The number of likely N-dealkylation sites (tertiary alicyclic amines) is 1. The first-order valence-corrected chi connectivity index (χ1v) is 9.04. The predicted molar refractivity (Wildman–Crippen MR) is 95.0 cm³/mol. The molecular weight excluding hydrogens is 302 g/mol. The Morgan fingerprint density at radius 3 is 2.88 bits per heavy atom. The van der Waals surface area contributed by atoms with Gasteiger partial charge in [0.25, 0.3) is 0 Å². The fraction of sp³-hybridized carbons (Fsp3) is 0.722. The number of anilines is 1. The van der Waals surface area contributed by atoms with Crippen LogP contribution in [0.2, 0.25) is 0 Å². The first-order chi connectivity index (χ1) is 11.6. The molecule has 0 bridgehead atoms. The van der Waals surface area contributed by atoms with Gasteiger partial charge >= 0.3 is 0 Å². The SMILES string of the molecule is CN(C)c1ncnc2c1CCN(C(=O)CC[C@@H]1CCCCN1C)C2. The monoisotopic (exact) mass is 331 g/mol. The van der Waals surface area contributed by atoms with E-state index in [9.17, 15) is 4.79 Å². The van der Waals surface area contributed by atoms with Crippen molar-refractivity contribution in [2.24, 2.45) is 0 Å². The minimum Gasteiger partial charge on any atom is -0.362 e. The van der Waals surface area contributed by atoms with Gasteiger partial charge < -0.3 is 14.7 Å². The fourth-order valence-corrected chi connectivity index (χ4v) is 3.89. The lowest BCUT2D eigenvalue weighted by Gasteiger charge is -2.34. The molecule has 0 spiro atoms. The average molecular weight is 331 g/mol. The van der Waals surface area contributed by atoms with Crippen molar-refractivity contribution >= 4 is 11.7 Å². The predicted octanol–water partition coefficient (Wildman–Crippen LogP) is 1.69. The highest BCUT2D eigenvalue weighted by atomic mass is 16.2. The van der Waals surface area contributed by atoms with E-state index in [0.717, 1.165) is 30.9 Å². The molecule has 132 valence electrons. The summed E-state index contributed by atoms with van der Waals surface area (Å²) < 4.78 is 0. The summed E-state index contributed by atoms with van der Waals surface area (Å²) in [4.78, 5) is 27.8. The van der Waals surface area contributed by atoms with Gasteiger partial charge in [0.2, 0.25) is 5.91 Å². The van der Waals surface area contributed by atoms with Crippen molar-refractivity contribution in [3.05, 3.63) is 17.6 Å². The highest BCUT2D eigenvalue weighted by Crippen LogP contribution is 2.25. The molecule has 1 amide bonds. The summed E-state index contributed by atoms with van der Waals surface area (Å²) in [5.41, 5.74) is 2.20. The Hall–Kier alpha value is -1.69. The third-order valence-corrected chi connectivity index (χ3v) is 5.37. The molecule has 24 heavy (non-hydrogen) atoms. The van der Waals surface area contributed by atoms with E-state index in [4.69, 9.17) is 0 Å². The van der Waals surface area contributed by atoms with Gasteiger partial charge in [-0.2, -0.15) is 0 Å². The Kier molecular flexibility index (Phi) is 5.33. The highest BCUT2D eigenvalue weighted by Gasteiger charge is 2.26. The van der Waals surface area contributed by atoms with Gasteiger partial charge in [-0.05, 0) is 39.3 Å². The number of rotatable bonds is 4. The zero-order valence-electron chi connectivity index (χ0n) is 15.2. The number of hydrogen-bond acceptors (Lipinski definition) is 5. The molecule has 0 N–H and O–H groups in total. The molecule has 3 rings (SSSR count). The average Bonchev–Trinajstić information content (AvgIpc) is 2.59. The first kappa shape index (κ1) is 17.1. The van der Waals surface area contributed by atoms with Gasteiger partial charge in [-0.15, -0.1) is 0 Å². The third kappa shape index (κ3) is 3.69. The van der Waals surface area contributed by atoms with E-state index in [1.807, 2.05) is 23.9 Å². The Labute approximate surface area is 144 Å². The second kappa shape index (κ2) is 7.47. The molecule has 0 saturated carbocycles. The molecule has 0 aromatic carbocycles. The molecule has 1 aromatic rings. The van der Waals surface area contributed by atoms with Gasteiger partial charge in [0.05, 0.1) is 12.2 Å². The van der Waals surface area contributed by atoms with Gasteiger partial charge in [0, 0.05) is 38.7 Å². The Morgan fingerprint density at radius 2 is 2.12 bits per heavy atom. The minimum atomic E-state index is 0.268. The molecule has 2 aliphatic rings. The first-order valence-electron chi connectivity index (χ1n) is 9.04. The van der Waals surface area contributed by atoms with Crippen molar-refractivity contribution in [3.8, 4) is 0 Å². The molecule has 0 aliphatic carbocycles. The van der Waals surface area contributed by atoms with Crippen LogP contribution in [0.3, 0.4) is 0 Å². The van der Waals surface area contributed by atoms with E-state index < -0.39 is 0 Å². The van der Waals surface area contributed by atoms with Crippen LogP contribution in [0.4, 0.5) is 5.82 Å². The number of fused-ring (bicyclic) bond motifs is 1. The standard InChI is InChI=1S/C18H29N5O/c1-21(2)18-15-9-11-23(12-16(15)19-13-20-18)17(24)8-7-14-6-4-5-10-22(14)3/h13-14H,4-12H2,1-3H3/t14-/m0/s1. The molecule has 0 unspecified atom stereocenters. The van der Waals surface area contributed by atoms with Crippen LogP contribution in [0.1, 0.15) is 43.4 Å². The maximum absolute atomic E-state index is 12.6. The van der Waals surface area contributed by atoms with Gasteiger partial charge in [-0.3, -0.25) is 4.79 Å². The number of aromatic nitrogens is 2. The van der Waals surface area contributed by atoms with Crippen molar-refractivity contribution in [1.82, 2.24) is 19.8 Å². The van der Waals surface area contributed by atoms with Crippen molar-refractivity contribution in [2.45, 2.75) is 51.1 Å². The quantitative estimate of drug-likeness (QED) is 0.840. The molecule has 1 fully saturated rings. The second-order valence-corrected chi connectivity index (χ2v) is 7.25. The number of piperidine rings is 1. The lowest BCUT2D eigenvalue weighted by molar-refractivity contribution is -0.132. The maximum atomic E-state index is 12.6. The Balaban J connectivity index is 1.59. The summed E-state index contributed by atoms with van der Waals surface area (Å²) in [6, 6.07) is 0.572. The summed E-state index contributed by atoms with van der Waals surface area (Å²) in [5.74, 6) is 1.25. The van der Waals surface area contributed by atoms with Crippen LogP contribution in [-0.2, 0) is 17.8 Å². The molecule has 6 heteroatoms. The summed E-state index contributed by atoms with van der Waals surface area (Å²) in [6.07, 6.45) is 7.90. The van der Waals surface area contributed by atoms with Crippen LogP contribution in [0.25, 0.3) is 0 Å². The second-order valence-electron chi connectivity index (χ2n) is 7.25. The molecular formula is C18H29N5O. The molecule has 0 radical (unpaired) electrons. The number of nitrogens with zero attached hydrogens (tertiary/aromatic N) is 5. The van der Waals surface area contributed by atoms with E-state index in [0.29, 0.717) is 19.0 Å². The summed E-state index contributed by atoms with van der Waals surface area (Å²) in [6.45, 7) is 2.57. The van der Waals surface area contributed by atoms with Crippen LogP contribution in [0.15, 0.2) is 6.33 Å². The summed E-state index contributed by atoms with van der Waals surface area (Å²) in [5, 5.41) is 0. The molecule has 3 heterocycles. The van der Waals surface area contributed by atoms with Crippen molar-refractivity contribution in [2.75, 3.05) is 39.1 Å². The van der Waals surface area contributed by atoms with Crippen molar-refractivity contribution in [3.63, 3.8) is 0 Å². The number of carbonyl (C=O) groups is 1. The molecule has 1 aromatic heterocycles. The van der Waals surface area contributed by atoms with Crippen LogP contribution < -0.4 is 4.90 Å². The molecule has 1 saturated heterocycles. The Bertz CT molecular complexity index is 589. The molecule has 1 atom stereocenters. The number of hydrogen-bond donors (Lipinski definition) is 0. The smallest absolute Gasteiger partial charge is 0.222 e. The highest BCUT2D eigenvalue weighted by molar-refractivity contribution is 5.76.